The highest BCUT2D eigenvalue weighted by Crippen LogP contribution is 2.32. The molecule has 0 bridgehead atoms. The molecule has 0 radical (unpaired) electrons. The number of hydrogen-bond acceptors (Lipinski definition) is 4. The highest BCUT2D eigenvalue weighted by atomic mass is 16.6. The van der Waals surface area contributed by atoms with Crippen molar-refractivity contribution in [3.63, 3.8) is 0 Å². The number of aromatic amines is 1. The Morgan fingerprint density at radius 2 is 1.85 bits per heavy atom. The number of carbonyl (C=O) groups excluding carboxylic acids is 1. The van der Waals surface area contributed by atoms with Gasteiger partial charge in [0.05, 0.1) is 6.04 Å². The Bertz CT molecular complexity index is 1040. The quantitative estimate of drug-likeness (QED) is 0.761. The van der Waals surface area contributed by atoms with E-state index >= 15 is 0 Å². The van der Waals surface area contributed by atoms with E-state index in [2.05, 4.69) is 10.3 Å². The Morgan fingerprint density at radius 3 is 2.69 bits per heavy atom. The molecule has 2 aromatic carbocycles. The molecule has 6 nitrogen and oxygen atoms in total. The Hall–Kier alpha value is -3.28. The van der Waals surface area contributed by atoms with Gasteiger partial charge >= 0.3 is 0 Å². The van der Waals surface area contributed by atoms with Crippen molar-refractivity contribution in [2.45, 2.75) is 13.0 Å². The fourth-order valence-corrected chi connectivity index (χ4v) is 3.02. The second-order valence-corrected chi connectivity index (χ2v) is 6.20. The summed E-state index contributed by atoms with van der Waals surface area (Å²) in [4.78, 5) is 27.4. The minimum Gasteiger partial charge on any atom is -0.486 e. The Balaban J connectivity index is 1.57. The number of rotatable bonds is 3. The summed E-state index contributed by atoms with van der Waals surface area (Å²) >= 11 is 0. The van der Waals surface area contributed by atoms with Gasteiger partial charge in [-0.1, -0.05) is 24.3 Å². The van der Waals surface area contributed by atoms with Crippen LogP contribution in [0.25, 0.3) is 10.8 Å². The maximum Gasteiger partial charge on any atom is 0.268 e. The van der Waals surface area contributed by atoms with Gasteiger partial charge in [0.1, 0.15) is 18.9 Å². The number of H-pyrrole nitrogens is 1. The molecule has 1 amide bonds. The van der Waals surface area contributed by atoms with Crippen LogP contribution in [0.2, 0.25) is 0 Å². The van der Waals surface area contributed by atoms with Crippen molar-refractivity contribution < 1.29 is 14.3 Å². The van der Waals surface area contributed by atoms with E-state index in [0.717, 1.165) is 10.9 Å². The van der Waals surface area contributed by atoms with Crippen LogP contribution in [0.15, 0.2) is 53.3 Å². The predicted molar refractivity (Wildman–Crippen MR) is 97.9 cm³/mol. The van der Waals surface area contributed by atoms with Crippen molar-refractivity contribution in [3.05, 3.63) is 70.1 Å². The molecule has 1 aliphatic heterocycles. The summed E-state index contributed by atoms with van der Waals surface area (Å²) in [5.41, 5.74) is 0.851. The molecule has 0 aliphatic carbocycles. The second-order valence-electron chi connectivity index (χ2n) is 6.20. The topological polar surface area (TPSA) is 80.4 Å². The second kappa shape index (κ2) is 6.55. The van der Waals surface area contributed by atoms with Gasteiger partial charge in [0.2, 0.25) is 0 Å². The van der Waals surface area contributed by atoms with E-state index in [-0.39, 0.29) is 23.2 Å². The number of benzene rings is 2. The molecule has 0 fully saturated rings. The Labute approximate surface area is 149 Å². The predicted octanol–water partition coefficient (Wildman–Crippen LogP) is 2.79. The highest BCUT2D eigenvalue weighted by molar-refractivity contribution is 5.96. The lowest BCUT2D eigenvalue weighted by atomic mass is 10.1. The highest BCUT2D eigenvalue weighted by Gasteiger charge is 2.17. The number of aromatic nitrogens is 1. The SMILES string of the molecule is CC(NC(=O)c1cc2ccccc2c(=O)[nH]1)c1ccc2c(c1)OCCO2. The van der Waals surface area contributed by atoms with Crippen molar-refractivity contribution in [3.8, 4) is 11.5 Å². The maximum absolute atomic E-state index is 12.6. The van der Waals surface area contributed by atoms with Crippen LogP contribution in [0.4, 0.5) is 0 Å². The Morgan fingerprint density at radius 1 is 1.08 bits per heavy atom. The van der Waals surface area contributed by atoms with E-state index in [9.17, 15) is 9.59 Å². The molecule has 1 aliphatic rings. The number of amides is 1. The fraction of sp³-hybridized carbons (Fsp3) is 0.200. The van der Waals surface area contributed by atoms with E-state index in [1.807, 2.05) is 37.3 Å². The Kier molecular flexibility index (Phi) is 4.08. The van der Waals surface area contributed by atoms with Crippen molar-refractivity contribution in [2.24, 2.45) is 0 Å². The van der Waals surface area contributed by atoms with Gasteiger partial charge in [-0.2, -0.15) is 0 Å². The van der Waals surface area contributed by atoms with Crippen LogP contribution in [0.5, 0.6) is 11.5 Å². The van der Waals surface area contributed by atoms with E-state index in [1.54, 1.807) is 18.2 Å². The third-order valence-corrected chi connectivity index (χ3v) is 4.41. The van der Waals surface area contributed by atoms with E-state index in [0.29, 0.717) is 30.1 Å². The number of fused-ring (bicyclic) bond motifs is 2. The number of pyridine rings is 1. The molecular formula is C20H18N2O4. The average molecular weight is 350 g/mol. The number of nitrogens with one attached hydrogen (secondary N) is 2. The average Bonchev–Trinajstić information content (AvgIpc) is 2.67. The summed E-state index contributed by atoms with van der Waals surface area (Å²) in [6.07, 6.45) is 0. The fourth-order valence-electron chi connectivity index (χ4n) is 3.02. The van der Waals surface area contributed by atoms with Gasteiger partial charge in [-0.3, -0.25) is 9.59 Å². The van der Waals surface area contributed by atoms with Crippen LogP contribution in [0, 0.1) is 0 Å². The molecule has 1 atom stereocenters. The van der Waals surface area contributed by atoms with Crippen LogP contribution >= 0.6 is 0 Å². The summed E-state index contributed by atoms with van der Waals surface area (Å²) < 4.78 is 11.1. The lowest BCUT2D eigenvalue weighted by molar-refractivity contribution is 0.0934. The zero-order valence-corrected chi connectivity index (χ0v) is 14.2. The normalized spacial score (nSPS) is 14.0. The van der Waals surface area contributed by atoms with Crippen LogP contribution in [0.1, 0.15) is 29.0 Å². The molecule has 0 saturated carbocycles. The molecule has 132 valence electrons. The van der Waals surface area contributed by atoms with Crippen molar-refractivity contribution in [2.75, 3.05) is 13.2 Å². The summed E-state index contributed by atoms with van der Waals surface area (Å²) in [5, 5.41) is 4.19. The van der Waals surface area contributed by atoms with Gasteiger partial charge in [-0.25, -0.2) is 0 Å². The molecule has 0 saturated heterocycles. The smallest absolute Gasteiger partial charge is 0.268 e. The number of ether oxygens (including phenoxy) is 2. The zero-order valence-electron chi connectivity index (χ0n) is 14.2. The van der Waals surface area contributed by atoms with Crippen molar-refractivity contribution in [1.29, 1.82) is 0 Å². The molecule has 2 heterocycles. The largest absolute Gasteiger partial charge is 0.486 e. The van der Waals surface area contributed by atoms with Crippen LogP contribution in [-0.2, 0) is 0 Å². The summed E-state index contributed by atoms with van der Waals surface area (Å²) in [5.74, 6) is 1.04. The molecule has 26 heavy (non-hydrogen) atoms. The first-order valence-electron chi connectivity index (χ1n) is 8.44. The molecule has 3 aromatic rings. The first-order chi connectivity index (χ1) is 12.6. The zero-order chi connectivity index (χ0) is 18.1. The van der Waals surface area contributed by atoms with E-state index in [4.69, 9.17) is 9.47 Å². The third-order valence-electron chi connectivity index (χ3n) is 4.41. The van der Waals surface area contributed by atoms with Gasteiger partial charge in [-0.05, 0) is 42.1 Å². The van der Waals surface area contributed by atoms with Crippen molar-refractivity contribution in [1.82, 2.24) is 10.3 Å². The van der Waals surface area contributed by atoms with Crippen LogP contribution < -0.4 is 20.3 Å². The number of carbonyl (C=O) groups is 1. The monoisotopic (exact) mass is 350 g/mol. The maximum atomic E-state index is 12.6. The first-order valence-corrected chi connectivity index (χ1v) is 8.44. The lowest BCUT2D eigenvalue weighted by Gasteiger charge is -2.21. The van der Waals surface area contributed by atoms with E-state index < -0.39 is 0 Å². The summed E-state index contributed by atoms with van der Waals surface area (Å²) in [7, 11) is 0. The molecule has 0 spiro atoms. The molecular weight excluding hydrogens is 332 g/mol. The van der Waals surface area contributed by atoms with Crippen LogP contribution in [0.3, 0.4) is 0 Å². The van der Waals surface area contributed by atoms with Gasteiger partial charge in [0.25, 0.3) is 11.5 Å². The van der Waals surface area contributed by atoms with Gasteiger partial charge in [0, 0.05) is 5.39 Å². The molecule has 4 rings (SSSR count). The molecule has 6 heteroatoms. The summed E-state index contributed by atoms with van der Waals surface area (Å²) in [6, 6.07) is 14.2. The first kappa shape index (κ1) is 16.2. The van der Waals surface area contributed by atoms with Gasteiger partial charge < -0.3 is 19.8 Å². The van der Waals surface area contributed by atoms with Gasteiger partial charge in [0.15, 0.2) is 11.5 Å². The van der Waals surface area contributed by atoms with Crippen LogP contribution in [-0.4, -0.2) is 24.1 Å². The molecule has 1 unspecified atom stereocenters. The molecule has 2 N–H and O–H groups in total. The molecule has 1 aromatic heterocycles. The minimum absolute atomic E-state index is 0.234. The third kappa shape index (κ3) is 3.01. The van der Waals surface area contributed by atoms with Gasteiger partial charge in [-0.15, -0.1) is 0 Å². The number of hydrogen-bond donors (Lipinski definition) is 2. The summed E-state index contributed by atoms with van der Waals surface area (Å²) in [6.45, 7) is 2.92. The lowest BCUT2D eigenvalue weighted by Crippen LogP contribution is -2.29. The minimum atomic E-state index is -0.338. The van der Waals surface area contributed by atoms with Crippen molar-refractivity contribution >= 4 is 16.7 Å². The standard InChI is InChI=1S/C20H18N2O4/c1-12(13-6-7-17-18(11-13)26-9-8-25-17)21-20(24)16-10-14-4-2-3-5-15(14)19(23)22-16/h2-7,10-12H,8-9H2,1H3,(H,21,24)(H,22,23). The van der Waals surface area contributed by atoms with E-state index in [1.165, 1.54) is 0 Å².